The van der Waals surface area contributed by atoms with E-state index in [0.717, 1.165) is 18.2 Å². The molecule has 0 radical (unpaired) electrons. The lowest BCUT2D eigenvalue weighted by Gasteiger charge is -2.26. The van der Waals surface area contributed by atoms with Gasteiger partial charge >= 0.3 is 0 Å². The van der Waals surface area contributed by atoms with Crippen LogP contribution in [0.5, 0.6) is 0 Å². The van der Waals surface area contributed by atoms with Crippen molar-refractivity contribution in [3.8, 4) is 0 Å². The molecule has 152 valence electrons. The molecule has 0 bridgehead atoms. The summed E-state index contributed by atoms with van der Waals surface area (Å²) in [5, 5.41) is 0.259. The van der Waals surface area contributed by atoms with Crippen LogP contribution >= 0.6 is 0 Å². The van der Waals surface area contributed by atoms with Gasteiger partial charge < -0.3 is 0 Å². The highest BCUT2D eigenvalue weighted by molar-refractivity contribution is 7.86. The molecule has 0 saturated heterocycles. The third-order valence-corrected chi connectivity index (χ3v) is 7.39. The first kappa shape index (κ1) is 20.8. The molecule has 28 heavy (non-hydrogen) atoms. The van der Waals surface area contributed by atoms with Crippen LogP contribution in [0.2, 0.25) is 0 Å². The summed E-state index contributed by atoms with van der Waals surface area (Å²) in [5.74, 6) is -0.859. The molecule has 1 heterocycles. The number of nitrogens with zero attached hydrogens (tertiary/aromatic N) is 1. The molecule has 0 saturated carbocycles. The number of benzene rings is 2. The molecule has 1 aliphatic heterocycles. The van der Waals surface area contributed by atoms with Crippen LogP contribution in [0.15, 0.2) is 39.0 Å². The Morgan fingerprint density at radius 2 is 1.57 bits per heavy atom. The number of hydrogen-bond donors (Lipinski definition) is 3. The Hall–Kier alpha value is -1.90. The number of aliphatic imine (C=N–C) groups is 1. The summed E-state index contributed by atoms with van der Waals surface area (Å²) < 4.78 is 98.2. The summed E-state index contributed by atoms with van der Waals surface area (Å²) in [4.78, 5) is 3.00. The monoisotopic (exact) mass is 449 g/mol. The third-order valence-electron chi connectivity index (χ3n) is 4.73. The normalized spacial score (nSPS) is 20.2. The van der Waals surface area contributed by atoms with Crippen molar-refractivity contribution in [2.24, 2.45) is 4.99 Å². The fourth-order valence-corrected chi connectivity index (χ4v) is 5.64. The highest BCUT2D eigenvalue weighted by Crippen LogP contribution is 2.48. The molecule has 1 unspecified atom stereocenters. The van der Waals surface area contributed by atoms with Crippen molar-refractivity contribution in [2.75, 3.05) is 5.75 Å². The molecule has 3 N–H and O–H groups in total. The molecule has 0 amide bonds. The topological polar surface area (TPSA) is 175 Å². The Morgan fingerprint density at radius 3 is 2.07 bits per heavy atom. The van der Waals surface area contributed by atoms with Gasteiger partial charge in [-0.3, -0.25) is 18.7 Å². The lowest BCUT2D eigenvalue weighted by Crippen LogP contribution is -2.36. The maximum absolute atomic E-state index is 11.8. The average Bonchev–Trinajstić information content (AvgIpc) is 2.73. The molecule has 3 rings (SSSR count). The highest BCUT2D eigenvalue weighted by atomic mass is 32.2. The minimum absolute atomic E-state index is 0.00162. The summed E-state index contributed by atoms with van der Waals surface area (Å²) in [7, 11) is -13.9. The minimum atomic E-state index is -4.76. The Kier molecular flexibility index (Phi) is 4.50. The van der Waals surface area contributed by atoms with Gasteiger partial charge in [0.2, 0.25) is 0 Å². The molecule has 0 aliphatic carbocycles. The fourth-order valence-electron chi connectivity index (χ4n) is 3.38. The third kappa shape index (κ3) is 3.44. The van der Waals surface area contributed by atoms with E-state index in [0.29, 0.717) is 0 Å². The van der Waals surface area contributed by atoms with Crippen LogP contribution in [0.1, 0.15) is 19.4 Å². The summed E-state index contributed by atoms with van der Waals surface area (Å²) in [6, 6.07) is 4.34. The molecule has 0 fully saturated rings. The number of rotatable bonds is 4. The van der Waals surface area contributed by atoms with E-state index in [1.165, 1.54) is 19.9 Å². The van der Waals surface area contributed by atoms with Gasteiger partial charge in [-0.15, -0.1) is 0 Å². The molecular formula is C15H15NO9S3. The van der Waals surface area contributed by atoms with Gasteiger partial charge in [0.25, 0.3) is 30.4 Å². The van der Waals surface area contributed by atoms with Crippen molar-refractivity contribution in [1.29, 1.82) is 0 Å². The van der Waals surface area contributed by atoms with Gasteiger partial charge in [-0.2, -0.15) is 25.3 Å². The van der Waals surface area contributed by atoms with E-state index in [-0.39, 0.29) is 27.7 Å². The fraction of sp³-hybridized carbons (Fsp3) is 0.267. The Balaban J connectivity index is 2.54. The summed E-state index contributed by atoms with van der Waals surface area (Å²) in [6.07, 6.45) is 0. The second-order valence-electron chi connectivity index (χ2n) is 6.69. The Labute approximate surface area is 161 Å². The molecule has 2 aromatic carbocycles. The van der Waals surface area contributed by atoms with Crippen LogP contribution < -0.4 is 0 Å². The molecular weight excluding hydrogens is 434 g/mol. The first-order valence-corrected chi connectivity index (χ1v) is 12.1. The van der Waals surface area contributed by atoms with Crippen LogP contribution in [0.4, 0.5) is 5.69 Å². The van der Waals surface area contributed by atoms with E-state index in [1.54, 1.807) is 0 Å². The Morgan fingerprint density at radius 1 is 0.964 bits per heavy atom. The maximum atomic E-state index is 11.8. The van der Waals surface area contributed by atoms with Crippen LogP contribution in [-0.2, 0) is 35.8 Å². The molecule has 10 nitrogen and oxygen atoms in total. The van der Waals surface area contributed by atoms with Gasteiger partial charge in [-0.1, -0.05) is 6.07 Å². The van der Waals surface area contributed by atoms with Gasteiger partial charge in [-0.25, -0.2) is 0 Å². The largest absolute Gasteiger partial charge is 0.296 e. The first-order chi connectivity index (χ1) is 12.5. The van der Waals surface area contributed by atoms with E-state index < -0.39 is 51.3 Å². The maximum Gasteiger partial charge on any atom is 0.296 e. The van der Waals surface area contributed by atoms with Crippen LogP contribution in [0, 0.1) is 0 Å². The second-order valence-corrected chi connectivity index (χ2v) is 11.0. The summed E-state index contributed by atoms with van der Waals surface area (Å²) in [5.41, 5.74) is -1.64. The Bertz CT molecular complexity index is 1370. The van der Waals surface area contributed by atoms with E-state index >= 15 is 0 Å². The van der Waals surface area contributed by atoms with E-state index in [2.05, 4.69) is 4.99 Å². The van der Waals surface area contributed by atoms with E-state index in [9.17, 15) is 38.9 Å². The van der Waals surface area contributed by atoms with Crippen molar-refractivity contribution in [3.05, 3.63) is 29.8 Å². The molecule has 1 atom stereocenters. The molecule has 1 aliphatic rings. The van der Waals surface area contributed by atoms with Gasteiger partial charge in [0.1, 0.15) is 4.90 Å². The molecule has 13 heteroatoms. The zero-order valence-electron chi connectivity index (χ0n) is 14.5. The average molecular weight is 449 g/mol. The van der Waals surface area contributed by atoms with Gasteiger partial charge in [0.05, 0.1) is 16.3 Å². The second kappa shape index (κ2) is 6.05. The van der Waals surface area contributed by atoms with Gasteiger partial charge in [0.15, 0.2) is 0 Å². The van der Waals surface area contributed by atoms with Gasteiger partial charge in [-0.05, 0) is 48.4 Å². The molecule has 0 aromatic heterocycles. The summed E-state index contributed by atoms with van der Waals surface area (Å²) >= 11 is 0. The molecule has 2 aromatic rings. The SMILES string of the molecule is CC1=Nc2c(S(=O)(=O)O)cc3ccc(S(=O)(=O)O)cc3c2C1(C)CS(=O)(=O)O. The number of fused-ring (bicyclic) bond motifs is 3. The standard InChI is InChI=1S/C15H15NO9S3/c1-8-15(2,7-26(17,18)19)13-11-6-10(27(20,21)22)4-3-9(11)5-12(14(13)16-8)28(23,24)25/h3-6H,7H2,1-2H3,(H,17,18,19)(H,20,21,22)(H,23,24,25). The van der Waals surface area contributed by atoms with Crippen LogP contribution in [0.3, 0.4) is 0 Å². The van der Waals surface area contributed by atoms with Crippen molar-refractivity contribution in [1.82, 2.24) is 0 Å². The van der Waals surface area contributed by atoms with E-state index in [1.807, 2.05) is 0 Å². The quantitative estimate of drug-likeness (QED) is 0.585. The number of hydrogen-bond acceptors (Lipinski definition) is 7. The van der Waals surface area contributed by atoms with Crippen molar-refractivity contribution < 1.29 is 38.9 Å². The summed E-state index contributed by atoms with van der Waals surface area (Å²) in [6.45, 7) is 2.80. The predicted octanol–water partition coefficient (Wildman–Crippen LogP) is 1.58. The van der Waals surface area contributed by atoms with E-state index in [4.69, 9.17) is 0 Å². The van der Waals surface area contributed by atoms with Crippen molar-refractivity contribution in [2.45, 2.75) is 29.1 Å². The lowest BCUT2D eigenvalue weighted by molar-refractivity contribution is 0.473. The smallest absolute Gasteiger partial charge is 0.286 e. The zero-order valence-corrected chi connectivity index (χ0v) is 16.9. The first-order valence-electron chi connectivity index (χ1n) is 7.61. The van der Waals surface area contributed by atoms with Crippen LogP contribution in [-0.4, -0.2) is 50.4 Å². The van der Waals surface area contributed by atoms with Crippen molar-refractivity contribution >= 4 is 52.5 Å². The highest BCUT2D eigenvalue weighted by Gasteiger charge is 2.44. The lowest BCUT2D eigenvalue weighted by atomic mass is 9.79. The predicted molar refractivity (Wildman–Crippen MR) is 100 cm³/mol. The zero-order chi connectivity index (χ0) is 21.3. The van der Waals surface area contributed by atoms with Crippen molar-refractivity contribution in [3.63, 3.8) is 0 Å². The van der Waals surface area contributed by atoms with Gasteiger partial charge in [0, 0.05) is 11.1 Å². The molecule has 0 spiro atoms. The minimum Gasteiger partial charge on any atom is -0.286 e. The van der Waals surface area contributed by atoms with Crippen LogP contribution in [0.25, 0.3) is 10.8 Å².